The van der Waals surface area contributed by atoms with E-state index in [0.29, 0.717) is 19.0 Å². The van der Waals surface area contributed by atoms with Gasteiger partial charge in [0.1, 0.15) is 5.69 Å². The number of hydrogen-bond donors (Lipinski definition) is 2. The first kappa shape index (κ1) is 18.5. The zero-order valence-corrected chi connectivity index (χ0v) is 14.7. The van der Waals surface area contributed by atoms with Crippen molar-refractivity contribution in [2.24, 2.45) is 5.92 Å². The fraction of sp³-hybridized carbons (Fsp3) is 0.611. The molecule has 2 amide bonds. The van der Waals surface area contributed by atoms with Gasteiger partial charge >= 0.3 is 6.03 Å². The maximum atomic E-state index is 14.2. The van der Waals surface area contributed by atoms with Crippen molar-refractivity contribution in [2.45, 2.75) is 52.5 Å². The van der Waals surface area contributed by atoms with Crippen LogP contribution >= 0.6 is 0 Å². The first-order valence-electron chi connectivity index (χ1n) is 8.68. The first-order chi connectivity index (χ1) is 11.4. The van der Waals surface area contributed by atoms with Crippen LogP contribution in [0.1, 0.15) is 46.5 Å². The van der Waals surface area contributed by atoms with Gasteiger partial charge in [0.15, 0.2) is 11.6 Å². The van der Waals surface area contributed by atoms with Crippen LogP contribution in [0.5, 0.6) is 0 Å². The Labute approximate surface area is 142 Å². The second kappa shape index (κ2) is 8.31. The van der Waals surface area contributed by atoms with Gasteiger partial charge in [-0.05, 0) is 50.7 Å². The zero-order valence-electron chi connectivity index (χ0n) is 14.7. The summed E-state index contributed by atoms with van der Waals surface area (Å²) in [5.74, 6) is -0.709. The molecule has 6 heteroatoms. The highest BCUT2D eigenvalue weighted by atomic mass is 19.1. The van der Waals surface area contributed by atoms with Crippen molar-refractivity contribution in [1.82, 2.24) is 5.32 Å². The van der Waals surface area contributed by atoms with Gasteiger partial charge in [0, 0.05) is 24.8 Å². The van der Waals surface area contributed by atoms with Crippen LogP contribution in [-0.2, 0) is 0 Å². The summed E-state index contributed by atoms with van der Waals surface area (Å²) in [5.41, 5.74) is 0.130. The van der Waals surface area contributed by atoms with Crippen LogP contribution in [0.15, 0.2) is 12.1 Å². The van der Waals surface area contributed by atoms with E-state index >= 15 is 0 Å². The molecule has 0 bridgehead atoms. The molecule has 4 nitrogen and oxygen atoms in total. The van der Waals surface area contributed by atoms with Crippen LogP contribution < -0.4 is 15.5 Å². The highest BCUT2D eigenvalue weighted by Crippen LogP contribution is 2.29. The molecule has 1 saturated heterocycles. The number of hydrogen-bond acceptors (Lipinski definition) is 2. The molecule has 2 N–H and O–H groups in total. The summed E-state index contributed by atoms with van der Waals surface area (Å²) in [6.07, 6.45) is 3.75. The molecule has 1 aliphatic rings. The fourth-order valence-electron chi connectivity index (χ4n) is 2.93. The predicted molar refractivity (Wildman–Crippen MR) is 93.5 cm³/mol. The Bertz CT molecular complexity index is 548. The van der Waals surface area contributed by atoms with Crippen LogP contribution in [0.4, 0.5) is 25.0 Å². The average molecular weight is 339 g/mol. The Morgan fingerprint density at radius 2 is 1.71 bits per heavy atom. The third-order valence-corrected chi connectivity index (χ3v) is 4.25. The van der Waals surface area contributed by atoms with Crippen LogP contribution in [0.2, 0.25) is 0 Å². The Balaban J connectivity index is 1.96. The van der Waals surface area contributed by atoms with Gasteiger partial charge in [-0.15, -0.1) is 0 Å². The largest absolute Gasteiger partial charge is 0.367 e. The third-order valence-electron chi connectivity index (χ3n) is 4.25. The average Bonchev–Trinajstić information content (AvgIpc) is 2.98. The van der Waals surface area contributed by atoms with E-state index in [1.807, 2.05) is 6.92 Å². The van der Waals surface area contributed by atoms with Crippen molar-refractivity contribution in [1.29, 1.82) is 0 Å². The second-order valence-electron chi connectivity index (χ2n) is 6.95. The van der Waals surface area contributed by atoms with Crippen LogP contribution in [-0.4, -0.2) is 25.2 Å². The van der Waals surface area contributed by atoms with E-state index in [2.05, 4.69) is 24.5 Å². The Morgan fingerprint density at radius 1 is 1.12 bits per heavy atom. The highest BCUT2D eigenvalue weighted by molar-refractivity contribution is 5.89. The number of anilines is 2. The number of rotatable bonds is 6. The summed E-state index contributed by atoms with van der Waals surface area (Å²) in [5, 5.41) is 5.30. The van der Waals surface area contributed by atoms with E-state index in [1.165, 1.54) is 12.1 Å². The molecule has 0 aliphatic carbocycles. The smallest absolute Gasteiger partial charge is 0.319 e. The van der Waals surface area contributed by atoms with Gasteiger partial charge < -0.3 is 15.5 Å². The molecule has 0 radical (unpaired) electrons. The summed E-state index contributed by atoms with van der Waals surface area (Å²) >= 11 is 0. The van der Waals surface area contributed by atoms with E-state index in [4.69, 9.17) is 0 Å². The Hall–Kier alpha value is -1.85. The van der Waals surface area contributed by atoms with Gasteiger partial charge in [-0.25, -0.2) is 13.6 Å². The summed E-state index contributed by atoms with van der Waals surface area (Å²) in [4.78, 5) is 13.7. The number of amides is 2. The maximum Gasteiger partial charge on any atom is 0.319 e. The van der Waals surface area contributed by atoms with E-state index in [-0.39, 0.29) is 17.4 Å². The molecule has 1 aromatic carbocycles. The normalized spacial score (nSPS) is 15.7. The molecule has 0 aromatic heterocycles. The molecule has 1 aromatic rings. The van der Waals surface area contributed by atoms with E-state index in [1.54, 1.807) is 4.90 Å². The fourth-order valence-corrected chi connectivity index (χ4v) is 2.93. The van der Waals surface area contributed by atoms with Crippen molar-refractivity contribution >= 4 is 17.4 Å². The maximum absolute atomic E-state index is 14.2. The SMILES string of the molecule is CC(C)CCC(C)NC(=O)Nc1cc(F)c(N2CCCC2)c(F)c1. The zero-order chi connectivity index (χ0) is 17.7. The van der Waals surface area contributed by atoms with Crippen molar-refractivity contribution in [3.8, 4) is 0 Å². The number of halogens is 2. The minimum atomic E-state index is -0.639. The molecule has 2 rings (SSSR count). The highest BCUT2D eigenvalue weighted by Gasteiger charge is 2.21. The van der Waals surface area contributed by atoms with Crippen molar-refractivity contribution in [3.05, 3.63) is 23.8 Å². The molecule has 1 unspecified atom stereocenters. The summed E-state index contributed by atoms with van der Waals surface area (Å²) in [7, 11) is 0. The quantitative estimate of drug-likeness (QED) is 0.801. The molecule has 0 spiro atoms. The number of urea groups is 1. The molecular formula is C18H27F2N3O. The van der Waals surface area contributed by atoms with Gasteiger partial charge in [0.25, 0.3) is 0 Å². The predicted octanol–water partition coefficient (Wildman–Crippen LogP) is 4.51. The summed E-state index contributed by atoms with van der Waals surface area (Å²) in [6, 6.07) is 1.91. The monoisotopic (exact) mass is 339 g/mol. The number of carbonyl (C=O) groups excluding carboxylic acids is 1. The summed E-state index contributed by atoms with van der Waals surface area (Å²) in [6.45, 7) is 7.49. The molecule has 0 saturated carbocycles. The van der Waals surface area contributed by atoms with Crippen molar-refractivity contribution in [3.63, 3.8) is 0 Å². The molecule has 1 aliphatic heterocycles. The van der Waals surface area contributed by atoms with Gasteiger partial charge in [0.05, 0.1) is 0 Å². The van der Waals surface area contributed by atoms with Crippen LogP contribution in [0.25, 0.3) is 0 Å². The van der Waals surface area contributed by atoms with E-state index < -0.39 is 17.7 Å². The standard InChI is InChI=1S/C18H27F2N3O/c1-12(2)6-7-13(3)21-18(24)22-14-10-15(19)17(16(20)11-14)23-8-4-5-9-23/h10-13H,4-9H2,1-3H3,(H2,21,22,24). The van der Waals surface area contributed by atoms with Gasteiger partial charge in [-0.1, -0.05) is 13.8 Å². The minimum Gasteiger partial charge on any atom is -0.367 e. The third kappa shape index (κ3) is 5.08. The number of carbonyl (C=O) groups is 1. The number of benzene rings is 1. The Kier molecular flexibility index (Phi) is 6.40. The lowest BCUT2D eigenvalue weighted by molar-refractivity contribution is 0.248. The Morgan fingerprint density at radius 3 is 2.25 bits per heavy atom. The molecule has 1 atom stereocenters. The minimum absolute atomic E-state index is 0.00348. The molecule has 24 heavy (non-hydrogen) atoms. The van der Waals surface area contributed by atoms with Crippen molar-refractivity contribution < 1.29 is 13.6 Å². The second-order valence-corrected chi connectivity index (χ2v) is 6.95. The summed E-state index contributed by atoms with van der Waals surface area (Å²) < 4.78 is 28.5. The first-order valence-corrected chi connectivity index (χ1v) is 8.68. The van der Waals surface area contributed by atoms with E-state index in [0.717, 1.165) is 25.7 Å². The number of nitrogens with one attached hydrogen (secondary N) is 2. The molecular weight excluding hydrogens is 312 g/mol. The lowest BCUT2D eigenvalue weighted by atomic mass is 10.0. The van der Waals surface area contributed by atoms with Crippen molar-refractivity contribution in [2.75, 3.05) is 23.3 Å². The van der Waals surface area contributed by atoms with Crippen LogP contribution in [0.3, 0.4) is 0 Å². The van der Waals surface area contributed by atoms with E-state index in [9.17, 15) is 13.6 Å². The lowest BCUT2D eigenvalue weighted by Crippen LogP contribution is -2.36. The molecule has 134 valence electrons. The van der Waals surface area contributed by atoms with Gasteiger partial charge in [-0.3, -0.25) is 0 Å². The lowest BCUT2D eigenvalue weighted by Gasteiger charge is -2.20. The van der Waals surface area contributed by atoms with Gasteiger partial charge in [0.2, 0.25) is 0 Å². The molecule has 1 fully saturated rings. The van der Waals surface area contributed by atoms with Crippen LogP contribution in [0, 0.1) is 17.6 Å². The molecule has 1 heterocycles. The topological polar surface area (TPSA) is 44.4 Å². The van der Waals surface area contributed by atoms with Gasteiger partial charge in [-0.2, -0.15) is 0 Å². The number of nitrogens with zero attached hydrogens (tertiary/aromatic N) is 1.